The predicted molar refractivity (Wildman–Crippen MR) is 89.9 cm³/mol. The molecule has 0 unspecified atom stereocenters. The maximum Gasteiger partial charge on any atom is 0.282 e. The van der Waals surface area contributed by atoms with Crippen molar-refractivity contribution in [2.45, 2.75) is 0 Å². The molecule has 0 fully saturated rings. The Morgan fingerprint density at radius 1 is 1.20 bits per heavy atom. The predicted octanol–water partition coefficient (Wildman–Crippen LogP) is 4.01. The molecule has 0 saturated carbocycles. The third-order valence-corrected chi connectivity index (χ3v) is 3.67. The monoisotopic (exact) mass is 383 g/mol. The van der Waals surface area contributed by atoms with Crippen molar-refractivity contribution in [3.63, 3.8) is 0 Å². The molecule has 0 bridgehead atoms. The Kier molecular flexibility index (Phi) is 4.43. The summed E-state index contributed by atoms with van der Waals surface area (Å²) in [5, 5.41) is 14.1. The fourth-order valence-corrected chi connectivity index (χ4v) is 2.57. The lowest BCUT2D eigenvalue weighted by Gasteiger charge is -2.18. The molecule has 20 heavy (non-hydrogen) atoms. The van der Waals surface area contributed by atoms with Crippen LogP contribution in [0.3, 0.4) is 0 Å². The van der Waals surface area contributed by atoms with Gasteiger partial charge in [0.05, 0.1) is 19.9 Å². The Bertz CT molecular complexity index is 644. The Hall–Kier alpha value is -1.83. The molecule has 0 aromatic heterocycles. The van der Waals surface area contributed by atoms with Crippen LogP contribution >= 0.6 is 22.6 Å². The van der Waals surface area contributed by atoms with Gasteiger partial charge in [0.1, 0.15) is 0 Å². The van der Waals surface area contributed by atoms with E-state index < -0.39 is 0 Å². The first-order valence-electron chi connectivity index (χ1n) is 5.96. The van der Waals surface area contributed by atoms with Crippen molar-refractivity contribution >= 4 is 45.3 Å². The van der Waals surface area contributed by atoms with Crippen molar-refractivity contribution in [3.05, 3.63) is 56.1 Å². The van der Waals surface area contributed by atoms with Gasteiger partial charge in [-0.1, -0.05) is 12.1 Å². The fraction of sp³-hybridized carbons (Fsp3) is 0.143. The molecular weight excluding hydrogens is 369 g/mol. The number of hydrogen-bond donors (Lipinski definition) is 1. The van der Waals surface area contributed by atoms with E-state index in [-0.39, 0.29) is 10.6 Å². The third-order valence-electron chi connectivity index (χ3n) is 2.81. The lowest BCUT2D eigenvalue weighted by molar-refractivity contribution is -0.385. The average molecular weight is 383 g/mol. The number of nitrogens with zero attached hydrogens (tertiary/aromatic N) is 2. The minimum atomic E-state index is -0.376. The Balaban J connectivity index is 2.31. The van der Waals surface area contributed by atoms with E-state index in [9.17, 15) is 10.1 Å². The van der Waals surface area contributed by atoms with Gasteiger partial charge in [-0.2, -0.15) is 0 Å². The van der Waals surface area contributed by atoms with E-state index in [0.717, 1.165) is 17.1 Å². The summed E-state index contributed by atoms with van der Waals surface area (Å²) in [5.41, 5.74) is 2.97. The van der Waals surface area contributed by atoms with Crippen LogP contribution in [0.1, 0.15) is 0 Å². The summed E-state index contributed by atoms with van der Waals surface area (Å²) in [4.78, 5) is 12.4. The van der Waals surface area contributed by atoms with Crippen LogP contribution in [0.15, 0.2) is 42.5 Å². The number of para-hydroxylation sites is 2. The van der Waals surface area contributed by atoms with Crippen molar-refractivity contribution in [3.8, 4) is 0 Å². The minimum absolute atomic E-state index is 0.122. The first kappa shape index (κ1) is 14.6. The number of nitro groups is 1. The largest absolute Gasteiger partial charge is 0.376 e. The molecule has 0 atom stereocenters. The second kappa shape index (κ2) is 6.08. The van der Waals surface area contributed by atoms with Gasteiger partial charge < -0.3 is 10.2 Å². The first-order chi connectivity index (χ1) is 9.49. The zero-order chi connectivity index (χ0) is 14.7. The van der Waals surface area contributed by atoms with Gasteiger partial charge in [-0.3, -0.25) is 10.1 Å². The van der Waals surface area contributed by atoms with Crippen molar-refractivity contribution in [2.75, 3.05) is 24.3 Å². The molecule has 0 heterocycles. The highest BCUT2D eigenvalue weighted by atomic mass is 127. The van der Waals surface area contributed by atoms with Crippen LogP contribution in [0.5, 0.6) is 0 Å². The van der Waals surface area contributed by atoms with Gasteiger partial charge in [0, 0.05) is 25.8 Å². The zero-order valence-corrected chi connectivity index (χ0v) is 13.3. The smallest absolute Gasteiger partial charge is 0.282 e. The van der Waals surface area contributed by atoms with Crippen molar-refractivity contribution in [1.29, 1.82) is 0 Å². The second-order valence-electron chi connectivity index (χ2n) is 4.46. The fourth-order valence-electron chi connectivity index (χ4n) is 1.86. The summed E-state index contributed by atoms with van der Waals surface area (Å²) in [6, 6.07) is 12.9. The quantitative estimate of drug-likeness (QED) is 0.493. The molecule has 0 aliphatic heterocycles. The molecule has 104 valence electrons. The average Bonchev–Trinajstić information content (AvgIpc) is 2.38. The van der Waals surface area contributed by atoms with E-state index in [2.05, 4.69) is 5.32 Å². The summed E-state index contributed by atoms with van der Waals surface area (Å²) in [5.74, 6) is 0. The molecule has 2 aromatic carbocycles. The van der Waals surface area contributed by atoms with Gasteiger partial charge in [0.15, 0.2) is 0 Å². The molecule has 0 aliphatic carbocycles. The van der Waals surface area contributed by atoms with Gasteiger partial charge in [0.25, 0.3) is 5.69 Å². The van der Waals surface area contributed by atoms with Crippen molar-refractivity contribution in [1.82, 2.24) is 0 Å². The Labute approximate surface area is 130 Å². The van der Waals surface area contributed by atoms with Gasteiger partial charge in [-0.15, -0.1) is 0 Å². The third kappa shape index (κ3) is 3.19. The van der Waals surface area contributed by atoms with E-state index in [1.165, 1.54) is 6.07 Å². The van der Waals surface area contributed by atoms with E-state index in [4.69, 9.17) is 0 Å². The van der Waals surface area contributed by atoms with Crippen LogP contribution in [0.4, 0.5) is 22.7 Å². The molecule has 2 rings (SSSR count). The maximum absolute atomic E-state index is 10.8. The number of halogens is 1. The minimum Gasteiger partial charge on any atom is -0.376 e. The molecule has 1 N–H and O–H groups in total. The maximum atomic E-state index is 10.8. The van der Waals surface area contributed by atoms with E-state index >= 15 is 0 Å². The SMILES string of the molecule is CN(C)c1ccccc1Nc1ccc([N+](=O)[O-])c(I)c1. The van der Waals surface area contributed by atoms with Gasteiger partial charge in [-0.05, 0) is 46.9 Å². The zero-order valence-electron chi connectivity index (χ0n) is 11.1. The van der Waals surface area contributed by atoms with Crippen LogP contribution in [0.25, 0.3) is 0 Å². The van der Waals surface area contributed by atoms with E-state index in [1.807, 2.05) is 65.9 Å². The number of nitrogens with one attached hydrogen (secondary N) is 1. The number of anilines is 3. The highest BCUT2D eigenvalue weighted by Gasteiger charge is 2.12. The Morgan fingerprint density at radius 3 is 2.50 bits per heavy atom. The normalized spacial score (nSPS) is 10.2. The number of nitro benzene ring substituents is 1. The first-order valence-corrected chi connectivity index (χ1v) is 7.04. The summed E-state index contributed by atoms with van der Waals surface area (Å²) in [6.45, 7) is 0. The molecule has 6 heteroatoms. The number of rotatable bonds is 4. The van der Waals surface area contributed by atoms with Crippen LogP contribution in [-0.4, -0.2) is 19.0 Å². The second-order valence-corrected chi connectivity index (χ2v) is 5.62. The molecular formula is C14H14IN3O2. The molecule has 0 saturated heterocycles. The van der Waals surface area contributed by atoms with Crippen LogP contribution < -0.4 is 10.2 Å². The summed E-state index contributed by atoms with van der Waals surface area (Å²) < 4.78 is 0.611. The van der Waals surface area contributed by atoms with Gasteiger partial charge in [-0.25, -0.2) is 0 Å². The lowest BCUT2D eigenvalue weighted by atomic mass is 10.2. The molecule has 0 radical (unpaired) electrons. The Morgan fingerprint density at radius 2 is 1.90 bits per heavy atom. The molecule has 2 aromatic rings. The van der Waals surface area contributed by atoms with Crippen molar-refractivity contribution < 1.29 is 4.92 Å². The molecule has 0 spiro atoms. The number of benzene rings is 2. The van der Waals surface area contributed by atoms with Gasteiger partial charge in [0.2, 0.25) is 0 Å². The van der Waals surface area contributed by atoms with Crippen molar-refractivity contribution in [2.24, 2.45) is 0 Å². The summed E-state index contributed by atoms with van der Waals surface area (Å²) in [6.07, 6.45) is 0. The molecule has 5 nitrogen and oxygen atoms in total. The topological polar surface area (TPSA) is 58.4 Å². The molecule has 0 aliphatic rings. The van der Waals surface area contributed by atoms with E-state index in [0.29, 0.717) is 3.57 Å². The highest BCUT2D eigenvalue weighted by Crippen LogP contribution is 2.30. The molecule has 0 amide bonds. The van der Waals surface area contributed by atoms with E-state index in [1.54, 1.807) is 12.1 Å². The van der Waals surface area contributed by atoms with Crippen LogP contribution in [0, 0.1) is 13.7 Å². The summed E-state index contributed by atoms with van der Waals surface area (Å²) in [7, 11) is 3.94. The summed E-state index contributed by atoms with van der Waals surface area (Å²) >= 11 is 1.97. The highest BCUT2D eigenvalue weighted by molar-refractivity contribution is 14.1. The number of hydrogen-bond acceptors (Lipinski definition) is 4. The van der Waals surface area contributed by atoms with Gasteiger partial charge >= 0.3 is 0 Å². The van der Waals surface area contributed by atoms with Crippen LogP contribution in [0.2, 0.25) is 0 Å². The standard InChI is InChI=1S/C14H14IN3O2/c1-17(2)14-6-4-3-5-12(14)16-10-7-8-13(18(19)20)11(15)9-10/h3-9,16H,1-2H3. The lowest BCUT2D eigenvalue weighted by Crippen LogP contribution is -2.10. The van der Waals surface area contributed by atoms with Crippen LogP contribution in [-0.2, 0) is 0 Å².